The fourth-order valence-corrected chi connectivity index (χ4v) is 3.62. The first-order valence-electron chi connectivity index (χ1n) is 7.86. The van der Waals surface area contributed by atoms with Crippen molar-refractivity contribution in [3.63, 3.8) is 0 Å². The molecule has 0 aliphatic carbocycles. The van der Waals surface area contributed by atoms with Crippen LogP contribution < -0.4 is 5.73 Å². The Morgan fingerprint density at radius 1 is 1.24 bits per heavy atom. The van der Waals surface area contributed by atoms with Gasteiger partial charge in [-0.15, -0.1) is 0 Å². The summed E-state index contributed by atoms with van der Waals surface area (Å²) in [6, 6.07) is 9.89. The summed E-state index contributed by atoms with van der Waals surface area (Å²) in [5.41, 5.74) is 7.20. The maximum atomic E-state index is 12.8. The molecule has 0 radical (unpaired) electrons. The average Bonchev–Trinajstić information content (AvgIpc) is 2.93. The molecule has 0 bridgehead atoms. The maximum absolute atomic E-state index is 12.8. The van der Waals surface area contributed by atoms with Crippen LogP contribution in [0, 0.1) is 5.41 Å². The van der Waals surface area contributed by atoms with Crippen LogP contribution in [-0.2, 0) is 9.53 Å². The van der Waals surface area contributed by atoms with Crippen LogP contribution in [0.15, 0.2) is 30.3 Å². The Morgan fingerprint density at radius 2 is 1.95 bits per heavy atom. The van der Waals surface area contributed by atoms with E-state index in [4.69, 9.17) is 10.5 Å². The van der Waals surface area contributed by atoms with Gasteiger partial charge in [0.2, 0.25) is 5.91 Å². The Bertz CT molecular complexity index is 483. The minimum Gasteiger partial charge on any atom is -0.381 e. The van der Waals surface area contributed by atoms with Gasteiger partial charge < -0.3 is 15.4 Å². The van der Waals surface area contributed by atoms with E-state index in [0.29, 0.717) is 12.0 Å². The largest absolute Gasteiger partial charge is 0.381 e. The summed E-state index contributed by atoms with van der Waals surface area (Å²) in [5.74, 6) is -0.0201. The van der Waals surface area contributed by atoms with E-state index in [1.165, 1.54) is 0 Å². The molecule has 2 saturated heterocycles. The van der Waals surface area contributed by atoms with E-state index in [1.807, 2.05) is 35.2 Å². The number of carbonyl (C=O) groups is 1. The molecule has 2 fully saturated rings. The Kier molecular flexibility index (Phi) is 4.27. The molecule has 114 valence electrons. The zero-order valence-corrected chi connectivity index (χ0v) is 12.5. The first kappa shape index (κ1) is 14.5. The highest BCUT2D eigenvalue weighted by molar-refractivity contribution is 5.84. The van der Waals surface area contributed by atoms with E-state index in [1.54, 1.807) is 0 Å². The molecule has 1 aromatic rings. The summed E-state index contributed by atoms with van der Waals surface area (Å²) in [6.45, 7) is 3.78. The van der Waals surface area contributed by atoms with Gasteiger partial charge in [0.25, 0.3) is 0 Å². The van der Waals surface area contributed by atoms with E-state index < -0.39 is 0 Å². The molecule has 1 atom stereocenters. The van der Waals surface area contributed by atoms with Crippen molar-refractivity contribution in [3.8, 4) is 0 Å². The second-order valence-corrected chi connectivity index (χ2v) is 6.32. The summed E-state index contributed by atoms with van der Waals surface area (Å²) in [5, 5.41) is 0. The number of likely N-dealkylation sites (tertiary alicyclic amines) is 1. The van der Waals surface area contributed by atoms with Gasteiger partial charge in [0.15, 0.2) is 0 Å². The summed E-state index contributed by atoms with van der Waals surface area (Å²) < 4.78 is 5.47. The fraction of sp³-hybridized carbons (Fsp3) is 0.588. The van der Waals surface area contributed by atoms with E-state index >= 15 is 0 Å². The van der Waals surface area contributed by atoms with Crippen LogP contribution in [0.2, 0.25) is 0 Å². The Morgan fingerprint density at radius 3 is 2.62 bits per heavy atom. The normalized spacial score (nSPS) is 22.4. The van der Waals surface area contributed by atoms with Crippen LogP contribution in [0.1, 0.15) is 30.7 Å². The zero-order chi connectivity index (χ0) is 14.7. The van der Waals surface area contributed by atoms with Gasteiger partial charge in [0.1, 0.15) is 0 Å². The lowest BCUT2D eigenvalue weighted by molar-refractivity contribution is -0.132. The molecule has 1 spiro atoms. The maximum Gasteiger partial charge on any atom is 0.231 e. The van der Waals surface area contributed by atoms with Crippen LogP contribution in [0.4, 0.5) is 0 Å². The molecule has 0 saturated carbocycles. The molecule has 4 heteroatoms. The molecule has 3 rings (SSSR count). The zero-order valence-electron chi connectivity index (χ0n) is 12.5. The molecule has 21 heavy (non-hydrogen) atoms. The van der Waals surface area contributed by atoms with Crippen LogP contribution >= 0.6 is 0 Å². The number of carbonyl (C=O) groups excluding carboxylic acids is 1. The van der Waals surface area contributed by atoms with E-state index in [2.05, 4.69) is 0 Å². The predicted octanol–water partition coefficient (Wildman–Crippen LogP) is 1.76. The number of amides is 1. The molecule has 2 aliphatic heterocycles. The number of hydrogen-bond acceptors (Lipinski definition) is 3. The first-order chi connectivity index (χ1) is 10.2. The topological polar surface area (TPSA) is 55.6 Å². The molecule has 1 amide bonds. The van der Waals surface area contributed by atoms with Crippen LogP contribution in [0.3, 0.4) is 0 Å². The van der Waals surface area contributed by atoms with Gasteiger partial charge in [0.05, 0.1) is 5.92 Å². The van der Waals surface area contributed by atoms with E-state index in [-0.39, 0.29) is 11.8 Å². The number of nitrogens with two attached hydrogens (primary N) is 1. The van der Waals surface area contributed by atoms with Gasteiger partial charge in [-0.3, -0.25) is 4.79 Å². The van der Waals surface area contributed by atoms with Crippen molar-refractivity contribution in [2.75, 3.05) is 32.8 Å². The summed E-state index contributed by atoms with van der Waals surface area (Å²) in [6.07, 6.45) is 3.26. The van der Waals surface area contributed by atoms with E-state index in [0.717, 1.165) is 51.1 Å². The number of rotatable bonds is 3. The first-order valence-corrected chi connectivity index (χ1v) is 7.86. The third kappa shape index (κ3) is 2.97. The molecular formula is C17H24N2O2. The highest BCUT2D eigenvalue weighted by atomic mass is 16.5. The lowest BCUT2D eigenvalue weighted by atomic mass is 9.80. The number of ether oxygens (including phenoxy) is 1. The molecule has 0 aromatic heterocycles. The Labute approximate surface area is 126 Å². The third-order valence-corrected chi connectivity index (χ3v) is 5.04. The molecule has 1 unspecified atom stereocenters. The average molecular weight is 288 g/mol. The van der Waals surface area contributed by atoms with Crippen molar-refractivity contribution in [2.45, 2.75) is 25.2 Å². The molecule has 2 aliphatic rings. The highest BCUT2D eigenvalue weighted by Gasteiger charge is 2.42. The van der Waals surface area contributed by atoms with Crippen molar-refractivity contribution < 1.29 is 9.53 Å². The van der Waals surface area contributed by atoms with Gasteiger partial charge in [0, 0.05) is 32.8 Å². The quantitative estimate of drug-likeness (QED) is 0.922. The third-order valence-electron chi connectivity index (χ3n) is 5.04. The molecule has 4 nitrogen and oxygen atoms in total. The number of nitrogens with zero attached hydrogens (tertiary/aromatic N) is 1. The van der Waals surface area contributed by atoms with Gasteiger partial charge in [-0.2, -0.15) is 0 Å². The highest BCUT2D eigenvalue weighted by Crippen LogP contribution is 2.40. The molecule has 2 heterocycles. The van der Waals surface area contributed by atoms with Crippen molar-refractivity contribution >= 4 is 5.91 Å². The SMILES string of the molecule is NCC(C(=O)N1CCC2(CCOCC2)C1)c1ccccc1. The lowest BCUT2D eigenvalue weighted by Crippen LogP contribution is -2.39. The van der Waals surface area contributed by atoms with Crippen molar-refractivity contribution in [3.05, 3.63) is 35.9 Å². The standard InChI is InChI=1S/C17H24N2O2/c18-12-15(14-4-2-1-3-5-14)16(20)19-9-6-17(13-19)7-10-21-11-8-17/h1-5,15H,6-13,18H2. The van der Waals surface area contributed by atoms with Gasteiger partial charge >= 0.3 is 0 Å². The minimum absolute atomic E-state index is 0.187. The smallest absolute Gasteiger partial charge is 0.231 e. The second kappa shape index (κ2) is 6.16. The summed E-state index contributed by atoms with van der Waals surface area (Å²) in [7, 11) is 0. The molecule has 2 N–H and O–H groups in total. The fourth-order valence-electron chi connectivity index (χ4n) is 3.62. The number of benzene rings is 1. The second-order valence-electron chi connectivity index (χ2n) is 6.32. The minimum atomic E-state index is -0.207. The van der Waals surface area contributed by atoms with E-state index in [9.17, 15) is 4.79 Å². The van der Waals surface area contributed by atoms with Gasteiger partial charge in [-0.1, -0.05) is 30.3 Å². The Hall–Kier alpha value is -1.39. The number of hydrogen-bond donors (Lipinski definition) is 1. The van der Waals surface area contributed by atoms with Crippen LogP contribution in [0.25, 0.3) is 0 Å². The lowest BCUT2D eigenvalue weighted by Gasteiger charge is -2.33. The van der Waals surface area contributed by atoms with Gasteiger partial charge in [-0.25, -0.2) is 0 Å². The monoisotopic (exact) mass is 288 g/mol. The summed E-state index contributed by atoms with van der Waals surface area (Å²) >= 11 is 0. The molecule has 1 aromatic carbocycles. The Balaban J connectivity index is 1.70. The van der Waals surface area contributed by atoms with Gasteiger partial charge in [-0.05, 0) is 30.2 Å². The predicted molar refractivity (Wildman–Crippen MR) is 81.9 cm³/mol. The summed E-state index contributed by atoms with van der Waals surface area (Å²) in [4.78, 5) is 14.8. The van der Waals surface area contributed by atoms with Crippen LogP contribution in [-0.4, -0.2) is 43.7 Å². The van der Waals surface area contributed by atoms with Crippen molar-refractivity contribution in [2.24, 2.45) is 11.1 Å². The molecular weight excluding hydrogens is 264 g/mol. The van der Waals surface area contributed by atoms with Crippen molar-refractivity contribution in [1.29, 1.82) is 0 Å². The van der Waals surface area contributed by atoms with Crippen LogP contribution in [0.5, 0.6) is 0 Å². The van der Waals surface area contributed by atoms with Crippen molar-refractivity contribution in [1.82, 2.24) is 4.90 Å².